The van der Waals surface area contributed by atoms with Crippen LogP contribution in [-0.2, 0) is 9.59 Å². The quantitative estimate of drug-likeness (QED) is 0.751. The maximum Gasteiger partial charge on any atom is 0.223 e. The number of carbonyl (C=O) groups excluding carboxylic acids is 2. The highest BCUT2D eigenvalue weighted by Gasteiger charge is 2.30. The molecular weight excluding hydrogens is 300 g/mol. The lowest BCUT2D eigenvalue weighted by molar-refractivity contribution is -0.130. The van der Waals surface area contributed by atoms with Gasteiger partial charge in [-0.25, -0.2) is 0 Å². The molecule has 0 spiro atoms. The molecule has 2 N–H and O–H groups in total. The summed E-state index contributed by atoms with van der Waals surface area (Å²) in [6, 6.07) is 10.0. The summed E-state index contributed by atoms with van der Waals surface area (Å²) < 4.78 is 0. The van der Waals surface area contributed by atoms with E-state index in [0.29, 0.717) is 0 Å². The summed E-state index contributed by atoms with van der Waals surface area (Å²) >= 11 is 0. The zero-order chi connectivity index (χ0) is 17.4. The van der Waals surface area contributed by atoms with Crippen LogP contribution in [0.25, 0.3) is 0 Å². The van der Waals surface area contributed by atoms with Gasteiger partial charge in [0.05, 0.1) is 6.04 Å². The normalized spacial score (nSPS) is 21.8. The molecule has 0 aliphatic heterocycles. The first-order valence-electron chi connectivity index (χ1n) is 9.24. The minimum absolute atomic E-state index is 0.0220. The molecule has 4 nitrogen and oxygen atoms in total. The predicted molar refractivity (Wildman–Crippen MR) is 96.4 cm³/mol. The second-order valence-corrected chi connectivity index (χ2v) is 6.83. The number of carbonyl (C=O) groups is 2. The third-order valence-corrected chi connectivity index (χ3v) is 4.96. The number of unbranched alkanes of at least 4 members (excludes halogenated alkanes) is 1. The van der Waals surface area contributed by atoms with E-state index in [2.05, 4.69) is 17.6 Å². The number of benzene rings is 1. The van der Waals surface area contributed by atoms with E-state index in [1.165, 1.54) is 0 Å². The van der Waals surface area contributed by atoms with Crippen LogP contribution < -0.4 is 10.6 Å². The summed E-state index contributed by atoms with van der Waals surface area (Å²) in [6.07, 6.45) is 5.36. The highest BCUT2D eigenvalue weighted by atomic mass is 16.2. The summed E-state index contributed by atoms with van der Waals surface area (Å²) in [7, 11) is 0. The Labute approximate surface area is 145 Å². The average molecular weight is 330 g/mol. The molecule has 0 heterocycles. The van der Waals surface area contributed by atoms with Crippen molar-refractivity contribution < 1.29 is 9.59 Å². The zero-order valence-electron chi connectivity index (χ0n) is 14.9. The third kappa shape index (κ3) is 5.36. The van der Waals surface area contributed by atoms with Crippen molar-refractivity contribution in [3.63, 3.8) is 0 Å². The lowest BCUT2D eigenvalue weighted by atomic mass is 9.81. The summed E-state index contributed by atoms with van der Waals surface area (Å²) in [5.74, 6) is 0.407. The highest BCUT2D eigenvalue weighted by Crippen LogP contribution is 2.29. The van der Waals surface area contributed by atoms with Crippen LogP contribution in [0.2, 0.25) is 0 Å². The van der Waals surface area contributed by atoms with Gasteiger partial charge in [-0.1, -0.05) is 43.7 Å². The molecule has 2 amide bonds. The zero-order valence-corrected chi connectivity index (χ0v) is 14.9. The molecule has 0 aromatic heterocycles. The molecule has 1 aliphatic carbocycles. The minimum atomic E-state index is 0.0220. The van der Waals surface area contributed by atoms with Crippen molar-refractivity contribution >= 4 is 11.8 Å². The molecule has 0 bridgehead atoms. The fourth-order valence-electron chi connectivity index (χ4n) is 3.31. The Morgan fingerprint density at radius 3 is 2.21 bits per heavy atom. The molecule has 1 saturated carbocycles. The number of hydrogen-bond acceptors (Lipinski definition) is 2. The van der Waals surface area contributed by atoms with Gasteiger partial charge in [-0.2, -0.15) is 0 Å². The van der Waals surface area contributed by atoms with Crippen molar-refractivity contribution in [2.75, 3.05) is 6.54 Å². The van der Waals surface area contributed by atoms with Crippen LogP contribution in [-0.4, -0.2) is 18.4 Å². The van der Waals surface area contributed by atoms with Gasteiger partial charge in [0.15, 0.2) is 0 Å². The van der Waals surface area contributed by atoms with E-state index in [-0.39, 0.29) is 29.7 Å². The van der Waals surface area contributed by atoms with Gasteiger partial charge < -0.3 is 10.6 Å². The third-order valence-electron chi connectivity index (χ3n) is 4.96. The summed E-state index contributed by atoms with van der Waals surface area (Å²) in [5, 5.41) is 6.12. The maximum absolute atomic E-state index is 12.5. The van der Waals surface area contributed by atoms with Crippen molar-refractivity contribution in [2.45, 2.75) is 58.4 Å². The number of nitrogens with one attached hydrogen (secondary N) is 2. The van der Waals surface area contributed by atoms with Crippen LogP contribution in [0, 0.1) is 11.8 Å². The van der Waals surface area contributed by atoms with Gasteiger partial charge in [-0.3, -0.25) is 9.59 Å². The van der Waals surface area contributed by atoms with Crippen LogP contribution in [0.5, 0.6) is 0 Å². The minimum Gasteiger partial charge on any atom is -0.356 e. The summed E-state index contributed by atoms with van der Waals surface area (Å²) in [5.41, 5.74) is 1.12. The lowest BCUT2D eigenvalue weighted by Gasteiger charge is -2.28. The van der Waals surface area contributed by atoms with Crippen LogP contribution in [0.4, 0.5) is 0 Å². The molecule has 132 valence electrons. The monoisotopic (exact) mass is 330 g/mol. The Bertz CT molecular complexity index is 522. The van der Waals surface area contributed by atoms with E-state index in [9.17, 15) is 9.59 Å². The van der Waals surface area contributed by atoms with Gasteiger partial charge in [0.2, 0.25) is 11.8 Å². The van der Waals surface area contributed by atoms with E-state index in [0.717, 1.165) is 50.6 Å². The van der Waals surface area contributed by atoms with Crippen molar-refractivity contribution in [1.82, 2.24) is 10.6 Å². The maximum atomic E-state index is 12.5. The molecule has 24 heavy (non-hydrogen) atoms. The van der Waals surface area contributed by atoms with Gasteiger partial charge in [0.25, 0.3) is 0 Å². The highest BCUT2D eigenvalue weighted by molar-refractivity contribution is 5.81. The van der Waals surface area contributed by atoms with E-state index >= 15 is 0 Å². The van der Waals surface area contributed by atoms with E-state index < -0.39 is 0 Å². The van der Waals surface area contributed by atoms with Gasteiger partial charge in [-0.05, 0) is 44.6 Å². The molecular formula is C20H30N2O2. The fourth-order valence-corrected chi connectivity index (χ4v) is 3.31. The van der Waals surface area contributed by atoms with Crippen LogP contribution in [0.3, 0.4) is 0 Å². The average Bonchev–Trinajstić information content (AvgIpc) is 2.62. The Balaban J connectivity index is 1.75. The summed E-state index contributed by atoms with van der Waals surface area (Å²) in [4.78, 5) is 24.6. The van der Waals surface area contributed by atoms with Gasteiger partial charge in [0, 0.05) is 18.4 Å². The molecule has 1 aliphatic rings. The Morgan fingerprint density at radius 1 is 1.04 bits per heavy atom. The molecule has 1 atom stereocenters. The molecule has 1 unspecified atom stereocenters. The van der Waals surface area contributed by atoms with Crippen molar-refractivity contribution in [3.8, 4) is 0 Å². The smallest absolute Gasteiger partial charge is 0.223 e. The second kappa shape index (κ2) is 9.45. The molecule has 1 aromatic rings. The molecule has 1 aromatic carbocycles. The second-order valence-electron chi connectivity index (χ2n) is 6.83. The summed E-state index contributed by atoms with van der Waals surface area (Å²) in [6.45, 7) is 4.90. The van der Waals surface area contributed by atoms with Gasteiger partial charge in [-0.15, -0.1) is 0 Å². The predicted octanol–water partition coefficient (Wildman–Crippen LogP) is 3.59. The standard InChI is InChI=1S/C20H30N2O2/c1-3-4-14-21-19(23)17-10-12-18(13-11-17)20(24)22-15(2)16-8-6-5-7-9-16/h5-9,15,17-18H,3-4,10-14H2,1-2H3,(H,21,23)(H,22,24). The number of amides is 2. The number of rotatable bonds is 7. The topological polar surface area (TPSA) is 58.2 Å². The lowest BCUT2D eigenvalue weighted by Crippen LogP contribution is -2.38. The Morgan fingerprint density at radius 2 is 1.62 bits per heavy atom. The van der Waals surface area contributed by atoms with Gasteiger partial charge in [0.1, 0.15) is 0 Å². The Kier molecular flexibility index (Phi) is 7.29. The first-order chi connectivity index (χ1) is 11.6. The molecule has 0 saturated heterocycles. The van der Waals surface area contributed by atoms with Crippen LogP contribution in [0.1, 0.15) is 64.0 Å². The van der Waals surface area contributed by atoms with E-state index in [1.54, 1.807) is 0 Å². The van der Waals surface area contributed by atoms with E-state index in [1.807, 2.05) is 37.3 Å². The molecule has 0 radical (unpaired) electrons. The number of hydrogen-bond donors (Lipinski definition) is 2. The SMILES string of the molecule is CCCCNC(=O)C1CCC(C(=O)NC(C)c2ccccc2)CC1. The molecule has 1 fully saturated rings. The van der Waals surface area contributed by atoms with Gasteiger partial charge >= 0.3 is 0 Å². The van der Waals surface area contributed by atoms with Crippen LogP contribution in [0.15, 0.2) is 30.3 Å². The first-order valence-corrected chi connectivity index (χ1v) is 9.24. The fraction of sp³-hybridized carbons (Fsp3) is 0.600. The van der Waals surface area contributed by atoms with Crippen molar-refractivity contribution in [2.24, 2.45) is 11.8 Å². The van der Waals surface area contributed by atoms with E-state index in [4.69, 9.17) is 0 Å². The molecule has 4 heteroatoms. The van der Waals surface area contributed by atoms with Crippen molar-refractivity contribution in [1.29, 1.82) is 0 Å². The van der Waals surface area contributed by atoms with Crippen molar-refractivity contribution in [3.05, 3.63) is 35.9 Å². The van der Waals surface area contributed by atoms with Crippen LogP contribution >= 0.6 is 0 Å². The largest absolute Gasteiger partial charge is 0.356 e. The Hall–Kier alpha value is -1.84. The molecule has 2 rings (SSSR count). The first kappa shape index (κ1) is 18.5.